The molecule has 1 aliphatic heterocycles. The number of hydrogen-bond donors (Lipinski definition) is 1. The van der Waals surface area contributed by atoms with Crippen molar-refractivity contribution < 1.29 is 0 Å². The Morgan fingerprint density at radius 2 is 1.96 bits per heavy atom. The minimum absolute atomic E-state index is 0.514. The second-order valence-electron chi connectivity index (χ2n) is 9.04. The van der Waals surface area contributed by atoms with Gasteiger partial charge in [-0.3, -0.25) is 0 Å². The van der Waals surface area contributed by atoms with E-state index in [2.05, 4.69) is 50.4 Å². The Hall–Kier alpha value is -1.44. The first-order valence-corrected chi connectivity index (χ1v) is 11.3. The van der Waals surface area contributed by atoms with Crippen molar-refractivity contribution in [3.05, 3.63) is 53.7 Å². The molecule has 0 aromatic heterocycles. The first kappa shape index (κ1) is 20.3. The van der Waals surface area contributed by atoms with E-state index >= 15 is 0 Å². The molecule has 1 heterocycles. The smallest absolute Gasteiger partial charge is 0.168 e. The maximum atomic E-state index is 4.49. The SMILES string of the molecule is C=C(CC)NC1Cc2cccc(C(=C)CCCC3CCCCC3)c2CB1C. The Labute approximate surface area is 167 Å². The second kappa shape index (κ2) is 9.67. The van der Waals surface area contributed by atoms with E-state index in [4.69, 9.17) is 0 Å². The summed E-state index contributed by atoms with van der Waals surface area (Å²) in [7, 11) is 0. The molecule has 2 heteroatoms. The van der Waals surface area contributed by atoms with Crippen LogP contribution in [0.15, 0.2) is 37.1 Å². The molecule has 1 atom stereocenters. The van der Waals surface area contributed by atoms with E-state index < -0.39 is 0 Å². The van der Waals surface area contributed by atoms with Crippen molar-refractivity contribution in [3.63, 3.8) is 0 Å². The van der Waals surface area contributed by atoms with Crippen molar-refractivity contribution >= 4 is 12.3 Å². The van der Waals surface area contributed by atoms with Crippen LogP contribution in [0.25, 0.3) is 5.57 Å². The largest absolute Gasteiger partial charge is 0.393 e. The summed E-state index contributed by atoms with van der Waals surface area (Å²) >= 11 is 0. The number of rotatable bonds is 8. The molecule has 0 amide bonds. The van der Waals surface area contributed by atoms with E-state index in [0.29, 0.717) is 12.7 Å². The summed E-state index contributed by atoms with van der Waals surface area (Å²) in [4.78, 5) is 0. The lowest BCUT2D eigenvalue weighted by Gasteiger charge is -2.32. The van der Waals surface area contributed by atoms with E-state index in [1.165, 1.54) is 67.3 Å². The molecular formula is C25H38BN. The second-order valence-corrected chi connectivity index (χ2v) is 9.04. The van der Waals surface area contributed by atoms with Crippen LogP contribution in [0.5, 0.6) is 0 Å². The van der Waals surface area contributed by atoms with Gasteiger partial charge in [0, 0.05) is 11.6 Å². The van der Waals surface area contributed by atoms with Gasteiger partial charge in [0.05, 0.1) is 0 Å². The molecular weight excluding hydrogens is 325 g/mol. The van der Waals surface area contributed by atoms with Crippen LogP contribution in [-0.4, -0.2) is 12.7 Å². The third-order valence-electron chi connectivity index (χ3n) is 6.94. The van der Waals surface area contributed by atoms with Gasteiger partial charge in [-0.1, -0.05) is 83.6 Å². The van der Waals surface area contributed by atoms with Gasteiger partial charge in [0.15, 0.2) is 6.71 Å². The van der Waals surface area contributed by atoms with Gasteiger partial charge in [0.1, 0.15) is 0 Å². The zero-order valence-electron chi connectivity index (χ0n) is 17.7. The van der Waals surface area contributed by atoms with Crippen LogP contribution in [0.4, 0.5) is 0 Å². The molecule has 0 spiro atoms. The monoisotopic (exact) mass is 363 g/mol. The zero-order chi connectivity index (χ0) is 19.2. The minimum Gasteiger partial charge on any atom is -0.393 e. The lowest BCUT2D eigenvalue weighted by Crippen LogP contribution is -2.46. The van der Waals surface area contributed by atoms with Crippen LogP contribution >= 0.6 is 0 Å². The maximum absolute atomic E-state index is 4.49. The van der Waals surface area contributed by atoms with Crippen LogP contribution < -0.4 is 5.32 Å². The molecule has 1 fully saturated rings. The standard InChI is InChI=1S/C25H38BN/c1-5-20(3)27-25-17-22-15-10-16-23(24(22)18-26(25)4)19(2)11-9-14-21-12-7-6-8-13-21/h10,15-16,21,25,27H,2-3,5-9,11-14,17-18H2,1,4H3. The zero-order valence-corrected chi connectivity index (χ0v) is 17.7. The number of fused-ring (bicyclic) bond motifs is 1. The van der Waals surface area contributed by atoms with Gasteiger partial charge in [-0.05, 0) is 60.2 Å². The number of allylic oxidation sites excluding steroid dienone is 2. The highest BCUT2D eigenvalue weighted by Gasteiger charge is 2.29. The quantitative estimate of drug-likeness (QED) is 0.511. The number of benzene rings is 1. The topological polar surface area (TPSA) is 12.0 Å². The average molecular weight is 363 g/mol. The van der Waals surface area contributed by atoms with E-state index in [1.807, 2.05) is 0 Å². The van der Waals surface area contributed by atoms with Crippen molar-refractivity contribution in [1.82, 2.24) is 5.32 Å². The highest BCUT2D eigenvalue weighted by Crippen LogP contribution is 2.33. The van der Waals surface area contributed by atoms with E-state index in [1.54, 1.807) is 5.56 Å². The minimum atomic E-state index is 0.514. The normalized spacial score (nSPS) is 20.2. The predicted octanol–water partition coefficient (Wildman–Crippen LogP) is 6.63. The highest BCUT2D eigenvalue weighted by molar-refractivity contribution is 6.59. The van der Waals surface area contributed by atoms with Crippen LogP contribution in [-0.2, 0) is 12.7 Å². The Bertz CT molecular complexity index is 656. The van der Waals surface area contributed by atoms with Crippen molar-refractivity contribution in [3.8, 4) is 0 Å². The maximum Gasteiger partial charge on any atom is 0.168 e. The van der Waals surface area contributed by atoms with E-state index in [0.717, 1.165) is 31.5 Å². The molecule has 1 N–H and O–H groups in total. The lowest BCUT2D eigenvalue weighted by molar-refractivity contribution is 0.334. The molecule has 0 saturated heterocycles. The molecule has 0 radical (unpaired) electrons. The molecule has 2 aliphatic rings. The van der Waals surface area contributed by atoms with Crippen LogP contribution in [0.1, 0.15) is 81.4 Å². The number of hydrogen-bond acceptors (Lipinski definition) is 1. The molecule has 1 saturated carbocycles. The molecule has 0 bridgehead atoms. The van der Waals surface area contributed by atoms with Gasteiger partial charge in [-0.25, -0.2) is 0 Å². The van der Waals surface area contributed by atoms with E-state index in [9.17, 15) is 0 Å². The summed E-state index contributed by atoms with van der Waals surface area (Å²) in [6.45, 7) is 13.8. The van der Waals surface area contributed by atoms with Gasteiger partial charge in [0.2, 0.25) is 0 Å². The summed E-state index contributed by atoms with van der Waals surface area (Å²) in [5.41, 5.74) is 7.04. The van der Waals surface area contributed by atoms with Crippen molar-refractivity contribution in [2.45, 2.75) is 90.2 Å². The van der Waals surface area contributed by atoms with Crippen molar-refractivity contribution in [2.75, 3.05) is 0 Å². The average Bonchev–Trinajstić information content (AvgIpc) is 2.68. The summed E-state index contributed by atoms with van der Waals surface area (Å²) in [5.74, 6) is 1.49. The van der Waals surface area contributed by atoms with Crippen LogP contribution in [0.2, 0.25) is 6.82 Å². The fraction of sp³-hybridized carbons (Fsp3) is 0.600. The van der Waals surface area contributed by atoms with Gasteiger partial charge >= 0.3 is 0 Å². The lowest BCUT2D eigenvalue weighted by atomic mass is 9.39. The highest BCUT2D eigenvalue weighted by atomic mass is 14.9. The number of nitrogens with one attached hydrogen (secondary N) is 1. The van der Waals surface area contributed by atoms with Crippen molar-refractivity contribution in [2.24, 2.45) is 5.92 Å². The first-order chi connectivity index (χ1) is 13.1. The summed E-state index contributed by atoms with van der Waals surface area (Å²) in [5, 5.41) is 3.66. The fourth-order valence-electron chi connectivity index (χ4n) is 5.07. The molecule has 1 unspecified atom stereocenters. The molecule has 3 rings (SSSR count). The summed E-state index contributed by atoms with van der Waals surface area (Å²) in [6.07, 6.45) is 14.4. The third kappa shape index (κ3) is 5.30. The Morgan fingerprint density at radius 3 is 2.70 bits per heavy atom. The summed E-state index contributed by atoms with van der Waals surface area (Å²) in [6, 6.07) is 6.87. The Balaban J connectivity index is 1.61. The van der Waals surface area contributed by atoms with E-state index in [-0.39, 0.29) is 0 Å². The third-order valence-corrected chi connectivity index (χ3v) is 6.94. The molecule has 1 aliphatic carbocycles. The van der Waals surface area contributed by atoms with Gasteiger partial charge in [0.25, 0.3) is 0 Å². The van der Waals surface area contributed by atoms with Gasteiger partial charge in [-0.2, -0.15) is 0 Å². The Kier molecular flexibility index (Phi) is 7.27. The Morgan fingerprint density at radius 1 is 1.19 bits per heavy atom. The molecule has 1 aromatic rings. The molecule has 1 nitrogen and oxygen atoms in total. The fourth-order valence-corrected chi connectivity index (χ4v) is 5.07. The van der Waals surface area contributed by atoms with Crippen LogP contribution in [0, 0.1) is 5.92 Å². The molecule has 146 valence electrons. The van der Waals surface area contributed by atoms with Crippen molar-refractivity contribution in [1.29, 1.82) is 0 Å². The predicted molar refractivity (Wildman–Crippen MR) is 121 cm³/mol. The first-order valence-electron chi connectivity index (χ1n) is 11.3. The van der Waals surface area contributed by atoms with Gasteiger partial charge < -0.3 is 5.32 Å². The van der Waals surface area contributed by atoms with Gasteiger partial charge in [-0.15, -0.1) is 0 Å². The molecule has 27 heavy (non-hydrogen) atoms. The summed E-state index contributed by atoms with van der Waals surface area (Å²) < 4.78 is 0. The molecule has 1 aromatic carbocycles. The van der Waals surface area contributed by atoms with Crippen LogP contribution in [0.3, 0.4) is 0 Å².